The Morgan fingerprint density at radius 3 is 2.56 bits per heavy atom. The van der Waals surface area contributed by atoms with E-state index in [9.17, 15) is 4.39 Å². The lowest BCUT2D eigenvalue weighted by Crippen LogP contribution is -2.00. The molecule has 6 heteroatoms. The van der Waals surface area contributed by atoms with Crippen LogP contribution in [0.25, 0.3) is 22.3 Å². The first-order chi connectivity index (χ1) is 12.2. The highest BCUT2D eigenvalue weighted by atomic mass is 35.5. The van der Waals surface area contributed by atoms with E-state index in [2.05, 4.69) is 20.3 Å². The topological polar surface area (TPSA) is 50.7 Å². The number of fused-ring (bicyclic) bond motifs is 1. The molecular weight excluding hydrogens is 339 g/mol. The standard InChI is InChI=1S/C19H12ClFN4/c20-12-5-6-16(21)15(11-12)19-24-17-4-2-1-3-14(17)18(25-19)23-13-7-9-22-10-8-13/h1-11H,(H,22,23,24,25). The zero-order valence-corrected chi connectivity index (χ0v) is 13.7. The predicted octanol–water partition coefficient (Wildman–Crippen LogP) is 5.23. The van der Waals surface area contributed by atoms with E-state index in [1.54, 1.807) is 12.4 Å². The molecule has 0 saturated carbocycles. The molecule has 0 saturated heterocycles. The SMILES string of the molecule is Fc1ccc(Cl)cc1-c1nc(Nc2ccncc2)c2ccccc2n1. The monoisotopic (exact) mass is 350 g/mol. The molecular formula is C19H12ClFN4. The summed E-state index contributed by atoms with van der Waals surface area (Å²) >= 11 is 6.01. The van der Waals surface area contributed by atoms with Gasteiger partial charge in [-0.25, -0.2) is 14.4 Å². The van der Waals surface area contributed by atoms with E-state index in [0.29, 0.717) is 16.4 Å². The molecule has 0 spiro atoms. The number of halogens is 2. The van der Waals surface area contributed by atoms with Gasteiger partial charge in [0.05, 0.1) is 11.1 Å². The van der Waals surface area contributed by atoms with Gasteiger partial charge >= 0.3 is 0 Å². The Hall–Kier alpha value is -3.05. The molecule has 0 aliphatic heterocycles. The number of anilines is 2. The molecule has 1 N–H and O–H groups in total. The molecule has 2 heterocycles. The summed E-state index contributed by atoms with van der Waals surface area (Å²) in [6, 6.07) is 15.6. The second-order valence-corrected chi connectivity index (χ2v) is 5.83. The van der Waals surface area contributed by atoms with Crippen LogP contribution in [-0.2, 0) is 0 Å². The molecule has 122 valence electrons. The number of aromatic nitrogens is 3. The first kappa shape index (κ1) is 15.5. The maximum atomic E-state index is 14.2. The number of nitrogens with one attached hydrogen (secondary N) is 1. The van der Waals surface area contributed by atoms with Crippen LogP contribution in [0.5, 0.6) is 0 Å². The lowest BCUT2D eigenvalue weighted by Gasteiger charge is -2.11. The Kier molecular flexibility index (Phi) is 3.99. The summed E-state index contributed by atoms with van der Waals surface area (Å²) in [6.45, 7) is 0. The van der Waals surface area contributed by atoms with Gasteiger partial charge in [-0.2, -0.15) is 0 Å². The highest BCUT2D eigenvalue weighted by Gasteiger charge is 2.13. The molecule has 25 heavy (non-hydrogen) atoms. The minimum Gasteiger partial charge on any atom is -0.340 e. The number of benzene rings is 2. The number of rotatable bonds is 3. The van der Waals surface area contributed by atoms with Crippen LogP contribution >= 0.6 is 11.6 Å². The van der Waals surface area contributed by atoms with Crippen LogP contribution in [-0.4, -0.2) is 15.0 Å². The zero-order valence-electron chi connectivity index (χ0n) is 12.9. The Morgan fingerprint density at radius 1 is 0.920 bits per heavy atom. The Bertz CT molecular complexity index is 1050. The van der Waals surface area contributed by atoms with Crippen LogP contribution < -0.4 is 5.32 Å². The van der Waals surface area contributed by atoms with Gasteiger partial charge in [-0.1, -0.05) is 23.7 Å². The van der Waals surface area contributed by atoms with E-state index in [4.69, 9.17) is 11.6 Å². The summed E-state index contributed by atoms with van der Waals surface area (Å²) in [4.78, 5) is 13.0. The summed E-state index contributed by atoms with van der Waals surface area (Å²) in [5.41, 5.74) is 1.80. The number of pyridine rings is 1. The van der Waals surface area contributed by atoms with Gasteiger partial charge in [-0.15, -0.1) is 0 Å². The van der Waals surface area contributed by atoms with Crippen molar-refractivity contribution >= 4 is 34.0 Å². The fourth-order valence-electron chi connectivity index (χ4n) is 2.53. The van der Waals surface area contributed by atoms with E-state index in [1.807, 2.05) is 36.4 Å². The van der Waals surface area contributed by atoms with Gasteiger partial charge in [0, 0.05) is 28.5 Å². The van der Waals surface area contributed by atoms with E-state index in [1.165, 1.54) is 18.2 Å². The Balaban J connectivity index is 1.91. The molecule has 2 aromatic heterocycles. The minimum absolute atomic E-state index is 0.260. The second kappa shape index (κ2) is 6.45. The summed E-state index contributed by atoms with van der Waals surface area (Å²) in [5.74, 6) is 0.441. The average Bonchev–Trinajstić information content (AvgIpc) is 2.64. The third kappa shape index (κ3) is 3.14. The molecule has 0 unspecified atom stereocenters. The summed E-state index contributed by atoms with van der Waals surface area (Å²) in [5, 5.41) is 4.51. The van der Waals surface area contributed by atoms with Crippen molar-refractivity contribution in [1.29, 1.82) is 0 Å². The molecule has 2 aromatic carbocycles. The number of hydrogen-bond donors (Lipinski definition) is 1. The van der Waals surface area contributed by atoms with Gasteiger partial charge in [0.2, 0.25) is 0 Å². The molecule has 4 aromatic rings. The van der Waals surface area contributed by atoms with Gasteiger partial charge in [-0.05, 0) is 42.5 Å². The van der Waals surface area contributed by atoms with Crippen molar-refractivity contribution in [2.75, 3.05) is 5.32 Å². The number of hydrogen-bond acceptors (Lipinski definition) is 4. The minimum atomic E-state index is -0.422. The molecule has 0 fully saturated rings. The van der Waals surface area contributed by atoms with Crippen molar-refractivity contribution < 1.29 is 4.39 Å². The van der Waals surface area contributed by atoms with Crippen molar-refractivity contribution in [3.63, 3.8) is 0 Å². The highest BCUT2D eigenvalue weighted by Crippen LogP contribution is 2.29. The average molecular weight is 351 g/mol. The molecule has 0 bridgehead atoms. The molecule has 0 aliphatic rings. The predicted molar refractivity (Wildman–Crippen MR) is 97.5 cm³/mol. The van der Waals surface area contributed by atoms with Gasteiger partial charge in [-0.3, -0.25) is 4.98 Å². The fourth-order valence-corrected chi connectivity index (χ4v) is 2.71. The normalized spacial score (nSPS) is 10.8. The zero-order chi connectivity index (χ0) is 17.2. The van der Waals surface area contributed by atoms with E-state index in [0.717, 1.165) is 11.1 Å². The Labute approximate surface area is 148 Å². The van der Waals surface area contributed by atoms with E-state index >= 15 is 0 Å². The van der Waals surface area contributed by atoms with Crippen LogP contribution in [0.3, 0.4) is 0 Å². The van der Waals surface area contributed by atoms with Crippen molar-refractivity contribution in [2.24, 2.45) is 0 Å². The molecule has 0 radical (unpaired) electrons. The van der Waals surface area contributed by atoms with Gasteiger partial charge < -0.3 is 5.32 Å². The van der Waals surface area contributed by atoms with Crippen molar-refractivity contribution in [3.05, 3.63) is 77.8 Å². The second-order valence-electron chi connectivity index (χ2n) is 5.40. The lowest BCUT2D eigenvalue weighted by molar-refractivity contribution is 0.630. The molecule has 0 amide bonds. The molecule has 0 aliphatic carbocycles. The van der Waals surface area contributed by atoms with Crippen LogP contribution in [0.2, 0.25) is 5.02 Å². The molecule has 4 rings (SSSR count). The number of nitrogens with zero attached hydrogens (tertiary/aromatic N) is 3. The summed E-state index contributed by atoms with van der Waals surface area (Å²) < 4.78 is 14.2. The number of para-hydroxylation sites is 1. The van der Waals surface area contributed by atoms with E-state index < -0.39 is 5.82 Å². The van der Waals surface area contributed by atoms with Gasteiger partial charge in [0.25, 0.3) is 0 Å². The van der Waals surface area contributed by atoms with Crippen LogP contribution in [0.4, 0.5) is 15.9 Å². The summed E-state index contributed by atoms with van der Waals surface area (Å²) in [6.07, 6.45) is 3.37. The van der Waals surface area contributed by atoms with Gasteiger partial charge in [0.15, 0.2) is 5.82 Å². The van der Waals surface area contributed by atoms with Crippen LogP contribution in [0, 0.1) is 5.82 Å². The van der Waals surface area contributed by atoms with Crippen molar-refractivity contribution in [1.82, 2.24) is 15.0 Å². The van der Waals surface area contributed by atoms with Crippen molar-refractivity contribution in [3.8, 4) is 11.4 Å². The molecule has 0 atom stereocenters. The third-order valence-corrected chi connectivity index (χ3v) is 3.95. The largest absolute Gasteiger partial charge is 0.340 e. The first-order valence-electron chi connectivity index (χ1n) is 7.60. The van der Waals surface area contributed by atoms with E-state index in [-0.39, 0.29) is 11.4 Å². The van der Waals surface area contributed by atoms with Crippen molar-refractivity contribution in [2.45, 2.75) is 0 Å². The molecule has 4 nitrogen and oxygen atoms in total. The van der Waals surface area contributed by atoms with Gasteiger partial charge in [0.1, 0.15) is 11.6 Å². The Morgan fingerprint density at radius 2 is 1.72 bits per heavy atom. The maximum Gasteiger partial charge on any atom is 0.165 e. The smallest absolute Gasteiger partial charge is 0.165 e. The van der Waals surface area contributed by atoms with Crippen LogP contribution in [0.15, 0.2) is 67.0 Å². The maximum absolute atomic E-state index is 14.2. The first-order valence-corrected chi connectivity index (χ1v) is 7.98. The quantitative estimate of drug-likeness (QED) is 0.549. The summed E-state index contributed by atoms with van der Waals surface area (Å²) in [7, 11) is 0. The fraction of sp³-hybridized carbons (Fsp3) is 0. The lowest BCUT2D eigenvalue weighted by atomic mass is 10.1. The highest BCUT2D eigenvalue weighted by molar-refractivity contribution is 6.30. The third-order valence-electron chi connectivity index (χ3n) is 3.72. The van der Waals surface area contributed by atoms with Crippen LogP contribution in [0.1, 0.15) is 0 Å².